The van der Waals surface area contributed by atoms with Gasteiger partial charge < -0.3 is 10.1 Å². The molecule has 2 heterocycles. The van der Waals surface area contributed by atoms with E-state index in [4.69, 9.17) is 4.74 Å². The van der Waals surface area contributed by atoms with E-state index in [0.717, 1.165) is 27.9 Å². The lowest BCUT2D eigenvalue weighted by Gasteiger charge is -2.21. The third-order valence-electron chi connectivity index (χ3n) is 7.40. The monoisotopic (exact) mass is 590 g/mol. The van der Waals surface area contributed by atoms with E-state index < -0.39 is 0 Å². The van der Waals surface area contributed by atoms with Crippen LogP contribution in [0.15, 0.2) is 96.1 Å². The second-order valence-electron chi connectivity index (χ2n) is 11.6. The number of ether oxygens (including phenoxy) is 1. The second-order valence-corrected chi connectivity index (χ2v) is 11.6. The van der Waals surface area contributed by atoms with E-state index in [1.165, 1.54) is 11.9 Å². The number of carbonyl (C=O) groups is 1. The fourth-order valence-corrected chi connectivity index (χ4v) is 5.08. The lowest BCUT2D eigenvalue weighted by Crippen LogP contribution is -2.29. The van der Waals surface area contributed by atoms with Crippen molar-refractivity contribution in [1.29, 1.82) is 0 Å². The van der Waals surface area contributed by atoms with Crippen LogP contribution in [0.2, 0.25) is 0 Å². The van der Waals surface area contributed by atoms with Crippen LogP contribution in [0.4, 0.5) is 10.6 Å². The minimum atomic E-state index is -0.364. The highest BCUT2D eigenvalue weighted by Gasteiger charge is 2.20. The standard InChI is InChI=1S/C35H38N6O3/c1-5-27-32(37-23-41(33(27)42)21-24-13-7-6-8-14-24)44-22-26-16-10-9-15-25(26)20-36-34(43)38-31-19-30(39-40-31)28-17-11-12-18-29(28)35(2,3)4/h6-19,23H,5,20-22H2,1-4H3,(H3,36,38,39,40,43). The van der Waals surface area contributed by atoms with Crippen LogP contribution < -0.4 is 20.9 Å². The van der Waals surface area contributed by atoms with Crippen molar-refractivity contribution in [2.75, 3.05) is 5.32 Å². The number of rotatable bonds is 10. The zero-order chi connectivity index (χ0) is 31.1. The molecule has 44 heavy (non-hydrogen) atoms. The van der Waals surface area contributed by atoms with Crippen LogP contribution in [-0.4, -0.2) is 25.8 Å². The van der Waals surface area contributed by atoms with Crippen molar-refractivity contribution >= 4 is 11.8 Å². The Morgan fingerprint density at radius 2 is 1.66 bits per heavy atom. The van der Waals surface area contributed by atoms with Crippen molar-refractivity contribution in [1.82, 2.24) is 25.1 Å². The van der Waals surface area contributed by atoms with Crippen LogP contribution in [0.1, 0.15) is 55.5 Å². The quantitative estimate of drug-likeness (QED) is 0.173. The number of hydrogen-bond acceptors (Lipinski definition) is 5. The molecule has 0 saturated heterocycles. The molecule has 3 N–H and O–H groups in total. The van der Waals surface area contributed by atoms with E-state index in [1.54, 1.807) is 4.57 Å². The van der Waals surface area contributed by atoms with Gasteiger partial charge in [-0.2, -0.15) is 5.10 Å². The molecule has 5 rings (SSSR count). The molecule has 0 aliphatic heterocycles. The molecule has 2 amide bonds. The maximum absolute atomic E-state index is 13.2. The van der Waals surface area contributed by atoms with Gasteiger partial charge in [-0.05, 0) is 34.1 Å². The average molecular weight is 591 g/mol. The maximum Gasteiger partial charge on any atom is 0.320 e. The van der Waals surface area contributed by atoms with Gasteiger partial charge in [0.25, 0.3) is 5.56 Å². The summed E-state index contributed by atoms with van der Waals surface area (Å²) in [6.45, 7) is 9.34. The van der Waals surface area contributed by atoms with Gasteiger partial charge in [0.1, 0.15) is 18.8 Å². The molecular formula is C35H38N6O3. The van der Waals surface area contributed by atoms with Crippen LogP contribution in [-0.2, 0) is 31.5 Å². The Bertz CT molecular complexity index is 1790. The van der Waals surface area contributed by atoms with Crippen molar-refractivity contribution < 1.29 is 9.53 Å². The number of urea groups is 1. The maximum atomic E-state index is 13.2. The van der Waals surface area contributed by atoms with Gasteiger partial charge in [-0.3, -0.25) is 19.8 Å². The molecule has 0 unspecified atom stereocenters. The van der Waals surface area contributed by atoms with Crippen LogP contribution >= 0.6 is 0 Å². The predicted molar refractivity (Wildman–Crippen MR) is 173 cm³/mol. The first-order valence-electron chi connectivity index (χ1n) is 14.7. The number of nitrogens with one attached hydrogen (secondary N) is 3. The van der Waals surface area contributed by atoms with Crippen LogP contribution in [0.25, 0.3) is 11.3 Å². The SMILES string of the molecule is CCc1c(OCc2ccccc2CNC(=O)Nc2cc(-c3ccccc3C(C)(C)C)n[nH]2)ncn(Cc2ccccc2)c1=O. The summed E-state index contributed by atoms with van der Waals surface area (Å²) in [6.07, 6.45) is 2.03. The minimum absolute atomic E-state index is 0.0478. The predicted octanol–water partition coefficient (Wildman–Crippen LogP) is 6.44. The number of aromatic nitrogens is 4. The molecule has 0 fully saturated rings. The van der Waals surface area contributed by atoms with E-state index >= 15 is 0 Å². The summed E-state index contributed by atoms with van der Waals surface area (Å²) in [6, 6.07) is 27.1. The second kappa shape index (κ2) is 13.4. The van der Waals surface area contributed by atoms with Crippen molar-refractivity contribution in [3.8, 4) is 17.1 Å². The van der Waals surface area contributed by atoms with E-state index in [-0.39, 0.29) is 30.2 Å². The molecular weight excluding hydrogens is 552 g/mol. The first-order chi connectivity index (χ1) is 21.2. The Kier molecular flexibility index (Phi) is 9.23. The Morgan fingerprint density at radius 1 is 0.955 bits per heavy atom. The van der Waals surface area contributed by atoms with E-state index in [9.17, 15) is 9.59 Å². The molecule has 0 spiro atoms. The van der Waals surface area contributed by atoms with Crippen molar-refractivity contribution in [2.24, 2.45) is 0 Å². The van der Waals surface area contributed by atoms with Crippen LogP contribution in [0.5, 0.6) is 5.88 Å². The van der Waals surface area contributed by atoms with Gasteiger partial charge in [-0.25, -0.2) is 9.78 Å². The summed E-state index contributed by atoms with van der Waals surface area (Å²) >= 11 is 0. The number of nitrogens with zero attached hydrogens (tertiary/aromatic N) is 3. The zero-order valence-electron chi connectivity index (χ0n) is 25.6. The van der Waals surface area contributed by atoms with Gasteiger partial charge in [0.05, 0.1) is 17.8 Å². The van der Waals surface area contributed by atoms with Gasteiger partial charge in [0, 0.05) is 18.2 Å². The minimum Gasteiger partial charge on any atom is -0.472 e. The van der Waals surface area contributed by atoms with Gasteiger partial charge in [-0.1, -0.05) is 107 Å². The molecule has 0 bridgehead atoms. The lowest BCUT2D eigenvalue weighted by molar-refractivity contribution is 0.251. The summed E-state index contributed by atoms with van der Waals surface area (Å²) in [4.78, 5) is 30.4. The highest BCUT2D eigenvalue weighted by molar-refractivity contribution is 5.89. The Labute approximate surface area is 257 Å². The first kappa shape index (κ1) is 30.3. The largest absolute Gasteiger partial charge is 0.472 e. The van der Waals surface area contributed by atoms with Gasteiger partial charge in [0.15, 0.2) is 0 Å². The number of benzene rings is 3. The average Bonchev–Trinajstić information content (AvgIpc) is 3.49. The summed E-state index contributed by atoms with van der Waals surface area (Å²) in [5.41, 5.74) is 6.13. The molecule has 0 atom stereocenters. The van der Waals surface area contributed by atoms with E-state index in [0.29, 0.717) is 30.2 Å². The number of carbonyl (C=O) groups excluding carboxylic acids is 1. The Morgan fingerprint density at radius 3 is 2.41 bits per heavy atom. The summed E-state index contributed by atoms with van der Waals surface area (Å²) in [5.74, 6) is 0.823. The number of hydrogen-bond donors (Lipinski definition) is 3. The van der Waals surface area contributed by atoms with Crippen molar-refractivity contribution in [2.45, 2.75) is 59.2 Å². The van der Waals surface area contributed by atoms with E-state index in [2.05, 4.69) is 52.7 Å². The van der Waals surface area contributed by atoms with Gasteiger partial charge >= 0.3 is 6.03 Å². The highest BCUT2D eigenvalue weighted by atomic mass is 16.5. The Balaban J connectivity index is 1.21. The molecule has 0 aliphatic carbocycles. The lowest BCUT2D eigenvalue weighted by atomic mass is 9.83. The zero-order valence-corrected chi connectivity index (χ0v) is 25.6. The van der Waals surface area contributed by atoms with Crippen LogP contribution in [0, 0.1) is 0 Å². The third kappa shape index (κ3) is 7.23. The highest BCUT2D eigenvalue weighted by Crippen LogP contribution is 2.32. The topological polar surface area (TPSA) is 114 Å². The van der Waals surface area contributed by atoms with E-state index in [1.807, 2.05) is 85.8 Å². The molecule has 5 aromatic rings. The number of anilines is 1. The molecule has 2 aromatic heterocycles. The first-order valence-corrected chi connectivity index (χ1v) is 14.7. The normalized spacial score (nSPS) is 11.3. The van der Waals surface area contributed by atoms with Gasteiger partial charge in [-0.15, -0.1) is 0 Å². The molecule has 9 nitrogen and oxygen atoms in total. The summed E-state index contributed by atoms with van der Waals surface area (Å²) in [7, 11) is 0. The van der Waals surface area contributed by atoms with Crippen molar-refractivity contribution in [3.63, 3.8) is 0 Å². The summed E-state index contributed by atoms with van der Waals surface area (Å²) in [5, 5.41) is 13.1. The van der Waals surface area contributed by atoms with Crippen LogP contribution in [0.3, 0.4) is 0 Å². The fourth-order valence-electron chi connectivity index (χ4n) is 5.08. The smallest absolute Gasteiger partial charge is 0.320 e. The number of H-pyrrole nitrogens is 1. The molecule has 226 valence electrons. The Hall–Kier alpha value is -5.18. The molecule has 3 aromatic carbocycles. The third-order valence-corrected chi connectivity index (χ3v) is 7.40. The molecule has 0 radical (unpaired) electrons. The number of amides is 2. The number of aromatic amines is 1. The van der Waals surface area contributed by atoms with Gasteiger partial charge in [0.2, 0.25) is 5.88 Å². The molecule has 9 heteroatoms. The summed E-state index contributed by atoms with van der Waals surface area (Å²) < 4.78 is 7.66. The molecule has 0 saturated carbocycles. The molecule has 0 aliphatic rings. The van der Waals surface area contributed by atoms with Crippen molar-refractivity contribution in [3.05, 3.63) is 129 Å². The fraction of sp³-hybridized carbons (Fsp3) is 0.257.